The van der Waals surface area contributed by atoms with E-state index in [1.54, 1.807) is 80.6 Å². The number of aliphatic hydroxyl groups is 1. The van der Waals surface area contributed by atoms with Gasteiger partial charge in [-0.05, 0) is 80.2 Å². The molecular formula is C70H99F3O17. The Bertz CT molecular complexity index is 2830. The van der Waals surface area contributed by atoms with Crippen LogP contribution in [0.5, 0.6) is 0 Å². The van der Waals surface area contributed by atoms with E-state index in [0.29, 0.717) is 41.8 Å². The third-order valence-corrected chi connectivity index (χ3v) is 11.7. The van der Waals surface area contributed by atoms with Crippen molar-refractivity contribution in [1.29, 1.82) is 0 Å². The molecule has 0 saturated heterocycles. The molecule has 1 saturated carbocycles. The normalized spacial score (nSPS) is 13.4. The van der Waals surface area contributed by atoms with Gasteiger partial charge in [0, 0.05) is 84.5 Å². The highest BCUT2D eigenvalue weighted by atomic mass is 19.4. The largest absolute Gasteiger partial charge is 0.501 e. The number of ether oxygens (including phenoxy) is 8. The van der Waals surface area contributed by atoms with E-state index >= 15 is 0 Å². The molecule has 0 bridgehead atoms. The van der Waals surface area contributed by atoms with E-state index in [0.717, 1.165) is 54.6 Å². The van der Waals surface area contributed by atoms with Crippen molar-refractivity contribution in [1.82, 2.24) is 0 Å². The van der Waals surface area contributed by atoms with Crippen molar-refractivity contribution in [3.63, 3.8) is 0 Å². The summed E-state index contributed by atoms with van der Waals surface area (Å²) in [5, 5.41) is 8.36. The number of methoxy groups -OCH3 is 8. The van der Waals surface area contributed by atoms with Crippen molar-refractivity contribution in [2.24, 2.45) is 10.8 Å². The van der Waals surface area contributed by atoms with Gasteiger partial charge in [0.05, 0.1) is 59.9 Å². The molecule has 0 aromatic heterocycles. The SMILES string of the molecule is CO/C(=C\C(=O)C(C)(C)C)C(C)(C)C.CO/C(=C\C(=O)c1ccccc1)C(F)(F)F.CO/C(=C\C(C)=O)c1ccccc1.CO/C(C)=C(/C)C(C)=O.CO/C(C)=C1/CCCCC1=O.CO/C(C)=C\C(=O)Cc1ccccc1.COC(O)C(C)=O.COCC(C)=O. The molecule has 1 aliphatic rings. The second-order valence-corrected chi connectivity index (χ2v) is 21.4. The second kappa shape index (κ2) is 48.8. The number of allylic oxidation sites excluding steroid dienone is 11. The maximum Gasteiger partial charge on any atom is 0.449 e. The summed E-state index contributed by atoms with van der Waals surface area (Å²) in [7, 11) is 11.5. The van der Waals surface area contributed by atoms with Crippen molar-refractivity contribution >= 4 is 52.0 Å². The summed E-state index contributed by atoms with van der Waals surface area (Å²) >= 11 is 0. The summed E-state index contributed by atoms with van der Waals surface area (Å²) in [5.74, 6) is 1.62. The van der Waals surface area contributed by atoms with E-state index in [1.807, 2.05) is 109 Å². The Kier molecular flexibility index (Phi) is 47.9. The van der Waals surface area contributed by atoms with Crippen LogP contribution in [-0.4, -0.2) is 127 Å². The fraction of sp³-hybridized carbons (Fsp3) is 0.457. The molecule has 0 heterocycles. The van der Waals surface area contributed by atoms with Crippen molar-refractivity contribution in [3.8, 4) is 0 Å². The van der Waals surface area contributed by atoms with E-state index in [4.69, 9.17) is 28.8 Å². The van der Waals surface area contributed by atoms with Crippen molar-refractivity contribution in [3.05, 3.63) is 172 Å². The molecule has 0 radical (unpaired) electrons. The minimum atomic E-state index is -4.65. The van der Waals surface area contributed by atoms with E-state index < -0.39 is 24.0 Å². The molecule has 1 N–H and O–H groups in total. The molecule has 20 heteroatoms. The first-order valence-electron chi connectivity index (χ1n) is 28.3. The summed E-state index contributed by atoms with van der Waals surface area (Å²) < 4.78 is 74.6. The van der Waals surface area contributed by atoms with Crippen LogP contribution >= 0.6 is 0 Å². The van der Waals surface area contributed by atoms with Gasteiger partial charge in [0.1, 0.15) is 18.1 Å². The van der Waals surface area contributed by atoms with Crippen LogP contribution in [0.3, 0.4) is 0 Å². The molecule has 90 heavy (non-hydrogen) atoms. The molecule has 4 rings (SSSR count). The maximum atomic E-state index is 12.3. The fourth-order valence-electron chi connectivity index (χ4n) is 6.30. The Balaban J connectivity index is -0.000000477. The number of rotatable bonds is 19. The molecule has 0 aliphatic heterocycles. The molecule has 3 aromatic rings. The van der Waals surface area contributed by atoms with Gasteiger partial charge < -0.3 is 43.0 Å². The van der Waals surface area contributed by atoms with Crippen LogP contribution < -0.4 is 0 Å². The molecule has 3 aromatic carbocycles. The van der Waals surface area contributed by atoms with Gasteiger partial charge in [0.2, 0.25) is 12.0 Å². The third kappa shape index (κ3) is 44.4. The average Bonchev–Trinajstić information content (AvgIpc) is 3.68. The first-order chi connectivity index (χ1) is 41.8. The molecule has 0 spiro atoms. The lowest BCUT2D eigenvalue weighted by molar-refractivity contribution is -0.147. The highest BCUT2D eigenvalue weighted by Crippen LogP contribution is 2.28. The molecule has 1 aliphatic carbocycles. The Morgan fingerprint density at radius 1 is 0.556 bits per heavy atom. The summed E-state index contributed by atoms with van der Waals surface area (Å²) in [5.41, 5.74) is 3.26. The van der Waals surface area contributed by atoms with Crippen LogP contribution in [0.25, 0.3) is 5.76 Å². The summed E-state index contributed by atoms with van der Waals surface area (Å²) in [6, 6.07) is 26.9. The zero-order chi connectivity index (χ0) is 70.4. The predicted molar refractivity (Wildman–Crippen MR) is 344 cm³/mol. The van der Waals surface area contributed by atoms with Gasteiger partial charge in [-0.3, -0.25) is 38.4 Å². The molecule has 1 unspecified atom stereocenters. The van der Waals surface area contributed by atoms with Gasteiger partial charge in [-0.2, -0.15) is 13.2 Å². The standard InChI is InChI=1S/C12H14O2.C12H22O2.C11H9F3O2.C11H12O2.C9H14O2.C7H12O2.C4H8O3.C4H8O2/c1-10(14-2)8-12(13)9-11-6-4-3-5-7-11;1-11(2,3)9(13)8-10(14-7)12(4,5)6;1-16-10(11(12,13)14)7-9(15)8-5-3-2-4-6-8;1-9(12)8-11(13-2)10-6-4-3-5-7-10;1-7(11-2)8-5-3-4-6-9(8)10;1-5(6(2)8)7(3)9-4;1-3(5)4(6)7-2;1-4(5)3-6-2/h3-8H,9H2,1-2H3;8H,1-7H3;2-7H,1H3;3-8H,1-2H3;3-6H2,1-2H3;1-4H3;4,6H,1-2H3;3H2,1-2H3/b2*10-8-;10-7-;11-8-;8-7-;7-5-;;. The Hall–Kier alpha value is -8.07. The first-order valence-corrected chi connectivity index (χ1v) is 28.3. The lowest BCUT2D eigenvalue weighted by Crippen LogP contribution is -2.21. The van der Waals surface area contributed by atoms with Crippen LogP contribution in [0.15, 0.2) is 155 Å². The number of hydrogen-bond donors (Lipinski definition) is 1. The lowest BCUT2D eigenvalue weighted by atomic mass is 9.87. The molecule has 1 fully saturated rings. The van der Waals surface area contributed by atoms with E-state index in [9.17, 15) is 51.5 Å². The number of alkyl halides is 3. The van der Waals surface area contributed by atoms with E-state index in [2.05, 4.69) is 14.2 Å². The highest BCUT2D eigenvalue weighted by Gasteiger charge is 2.36. The monoisotopic (exact) mass is 1270 g/mol. The molecule has 502 valence electrons. The number of carbonyl (C=O) groups excluding carboxylic acids is 8. The number of ketones is 8. The second-order valence-electron chi connectivity index (χ2n) is 21.4. The van der Waals surface area contributed by atoms with Crippen molar-refractivity contribution < 1.29 is 94.5 Å². The average molecular weight is 1270 g/mol. The van der Waals surface area contributed by atoms with Gasteiger partial charge >= 0.3 is 6.18 Å². The minimum absolute atomic E-state index is 0.0132. The van der Waals surface area contributed by atoms with Gasteiger partial charge in [-0.25, -0.2) is 0 Å². The number of aliphatic hydroxyl groups excluding tert-OH is 1. The van der Waals surface area contributed by atoms with Crippen LogP contribution in [-0.2, 0) is 77.9 Å². The Morgan fingerprint density at radius 3 is 1.34 bits per heavy atom. The van der Waals surface area contributed by atoms with Crippen LogP contribution in [0.2, 0.25) is 0 Å². The van der Waals surface area contributed by atoms with Crippen LogP contribution in [0, 0.1) is 10.8 Å². The predicted octanol–water partition coefficient (Wildman–Crippen LogP) is 14.1. The minimum Gasteiger partial charge on any atom is -0.501 e. The van der Waals surface area contributed by atoms with Crippen LogP contribution in [0.1, 0.15) is 144 Å². The fourth-order valence-corrected chi connectivity index (χ4v) is 6.30. The number of halogens is 3. The summed E-state index contributed by atoms with van der Waals surface area (Å²) in [4.78, 5) is 87.2. The van der Waals surface area contributed by atoms with Gasteiger partial charge in [-0.1, -0.05) is 133 Å². The molecule has 17 nitrogen and oxygen atoms in total. The van der Waals surface area contributed by atoms with Gasteiger partial charge in [0.15, 0.2) is 46.3 Å². The number of carbonyl (C=O) groups is 8. The number of Topliss-reactive ketones (excluding diaryl/α,β-unsaturated/α-hetero) is 4. The number of benzene rings is 3. The lowest BCUT2D eigenvalue weighted by Gasteiger charge is -2.23. The Morgan fingerprint density at radius 2 is 1.03 bits per heavy atom. The van der Waals surface area contributed by atoms with Gasteiger partial charge in [0.25, 0.3) is 0 Å². The van der Waals surface area contributed by atoms with E-state index in [1.165, 1.54) is 66.2 Å². The summed E-state index contributed by atoms with van der Waals surface area (Å²) in [6.45, 7) is 25.0. The zero-order valence-corrected chi connectivity index (χ0v) is 56.9. The maximum absolute atomic E-state index is 12.3. The van der Waals surface area contributed by atoms with Crippen LogP contribution in [0.4, 0.5) is 13.2 Å². The Labute approximate surface area is 532 Å². The molecular weight excluding hydrogens is 1170 g/mol. The van der Waals surface area contributed by atoms with Gasteiger partial charge in [-0.15, -0.1) is 0 Å². The number of hydrogen-bond acceptors (Lipinski definition) is 17. The van der Waals surface area contributed by atoms with E-state index in [-0.39, 0.29) is 63.5 Å². The summed E-state index contributed by atoms with van der Waals surface area (Å²) in [6.07, 6.45) is 3.37. The zero-order valence-electron chi connectivity index (χ0n) is 56.9. The smallest absolute Gasteiger partial charge is 0.449 e. The molecule has 1 atom stereocenters. The molecule has 0 amide bonds. The quantitative estimate of drug-likeness (QED) is 0.0509. The van der Waals surface area contributed by atoms with Crippen molar-refractivity contribution in [2.45, 2.75) is 142 Å². The van der Waals surface area contributed by atoms with Crippen molar-refractivity contribution in [2.75, 3.05) is 63.5 Å². The first kappa shape index (κ1) is 88.4. The highest BCUT2D eigenvalue weighted by molar-refractivity contribution is 6.04. The topological polar surface area (TPSA) is 231 Å². The third-order valence-electron chi connectivity index (χ3n) is 11.7.